The maximum absolute atomic E-state index is 15.0. The molecule has 5 N–H and O–H groups in total. The van der Waals surface area contributed by atoms with E-state index in [0.29, 0.717) is 103 Å². The van der Waals surface area contributed by atoms with E-state index in [-0.39, 0.29) is 47.8 Å². The molecule has 17 heteroatoms. The summed E-state index contributed by atoms with van der Waals surface area (Å²) >= 11 is 0. The molecule has 3 atom stereocenters. The summed E-state index contributed by atoms with van der Waals surface area (Å²) in [5.41, 5.74) is 8.77. The van der Waals surface area contributed by atoms with Crippen LogP contribution in [0.3, 0.4) is 0 Å². The van der Waals surface area contributed by atoms with Gasteiger partial charge in [-0.05, 0) is 129 Å². The summed E-state index contributed by atoms with van der Waals surface area (Å²) in [6.07, 6.45) is 8.34. The molecule has 9 rings (SSSR count). The normalized spacial score (nSPS) is 18.5. The lowest BCUT2D eigenvalue weighted by atomic mass is 9.89. The number of amidine groups is 1. The molecule has 380 valence electrons. The molecule has 1 unspecified atom stereocenters. The number of carboxylic acid groups (broad SMARTS) is 1. The van der Waals surface area contributed by atoms with E-state index in [1.165, 1.54) is 6.21 Å². The van der Waals surface area contributed by atoms with E-state index in [9.17, 15) is 24.9 Å². The quantitative estimate of drug-likeness (QED) is 0.0502. The molecule has 2 aromatic heterocycles. The van der Waals surface area contributed by atoms with Crippen molar-refractivity contribution >= 4 is 57.9 Å². The maximum atomic E-state index is 15.0. The van der Waals surface area contributed by atoms with E-state index in [0.717, 1.165) is 77.6 Å². The summed E-state index contributed by atoms with van der Waals surface area (Å²) in [7, 11) is 1.80. The van der Waals surface area contributed by atoms with E-state index in [1.807, 2.05) is 54.2 Å². The van der Waals surface area contributed by atoms with Crippen LogP contribution in [0.2, 0.25) is 0 Å². The van der Waals surface area contributed by atoms with Crippen molar-refractivity contribution in [1.82, 2.24) is 24.6 Å². The molecule has 3 aromatic carbocycles. The minimum Gasteiger partial charge on any atom is -0.464 e. The minimum atomic E-state index is -1.26. The van der Waals surface area contributed by atoms with Gasteiger partial charge in [0.25, 0.3) is 5.91 Å². The van der Waals surface area contributed by atoms with Gasteiger partial charge in [-0.15, -0.1) is 0 Å². The van der Waals surface area contributed by atoms with Gasteiger partial charge in [0.2, 0.25) is 5.91 Å². The number of fused-ring (bicyclic) bond motifs is 2. The summed E-state index contributed by atoms with van der Waals surface area (Å²) in [5, 5.41) is 37.0. The Morgan fingerprint density at radius 2 is 1.75 bits per heavy atom. The summed E-state index contributed by atoms with van der Waals surface area (Å²) in [6, 6.07) is 14.9. The highest BCUT2D eigenvalue weighted by Crippen LogP contribution is 2.38. The third-order valence-corrected chi connectivity index (χ3v) is 15.3. The number of hydrogen-bond donors (Lipinski definition) is 5. The van der Waals surface area contributed by atoms with Crippen LogP contribution in [0.5, 0.6) is 0 Å². The van der Waals surface area contributed by atoms with E-state index in [4.69, 9.17) is 20.0 Å². The Morgan fingerprint density at radius 1 is 1.01 bits per heavy atom. The SMILES string of the molecule is CNc1ccc(N2C=CC(CCCc3c4c(nn3-c3cc(C)c(F)c(C)c3)CCN(C(=O)c3cc5cc(C6CCOCC6)cc(N(C(=N)[C@H](C)[C@H](C)CN6CCOCC6)C(=O)O)c5[nH]3)C4)CC2=O)cc1C=N. The van der Waals surface area contributed by atoms with Gasteiger partial charge in [-0.25, -0.2) is 18.8 Å². The van der Waals surface area contributed by atoms with Gasteiger partial charge >= 0.3 is 6.09 Å². The number of hydrogen-bond acceptors (Lipinski definition) is 10. The fourth-order valence-electron chi connectivity index (χ4n) is 10.9. The largest absolute Gasteiger partial charge is 0.464 e. The van der Waals surface area contributed by atoms with Crippen molar-refractivity contribution in [1.29, 1.82) is 10.8 Å². The van der Waals surface area contributed by atoms with Crippen LogP contribution in [0.1, 0.15) is 102 Å². The summed E-state index contributed by atoms with van der Waals surface area (Å²) < 4.78 is 28.2. The van der Waals surface area contributed by atoms with Gasteiger partial charge in [-0.1, -0.05) is 19.9 Å². The Balaban J connectivity index is 0.990. The molecule has 0 bridgehead atoms. The number of carbonyl (C=O) groups is 3. The lowest BCUT2D eigenvalue weighted by molar-refractivity contribution is -0.119. The second-order valence-corrected chi connectivity index (χ2v) is 20.0. The fraction of sp³-hybridized carbons (Fsp3) is 0.455. The van der Waals surface area contributed by atoms with Gasteiger partial charge < -0.3 is 35.2 Å². The number of carbonyl (C=O) groups excluding carboxylic acids is 2. The Bertz CT molecular complexity index is 2890. The number of amides is 3. The number of rotatable bonds is 15. The van der Waals surface area contributed by atoms with Crippen LogP contribution in [0, 0.1) is 48.2 Å². The van der Waals surface area contributed by atoms with Crippen molar-refractivity contribution < 1.29 is 33.4 Å². The van der Waals surface area contributed by atoms with Crippen molar-refractivity contribution in [3.05, 3.63) is 112 Å². The van der Waals surface area contributed by atoms with Crippen LogP contribution >= 0.6 is 0 Å². The number of nitrogens with one attached hydrogen (secondary N) is 4. The monoisotopic (exact) mass is 983 g/mol. The van der Waals surface area contributed by atoms with Crippen molar-refractivity contribution in [2.75, 3.05) is 74.8 Å². The van der Waals surface area contributed by atoms with E-state index < -0.39 is 12.0 Å². The number of morpholine rings is 1. The molecule has 3 amide bonds. The standard InChI is InChI=1S/C55H67FN10O6/c1-33-23-43(24-34(2)51(33)56)66-48(8-6-7-37-11-16-64(50(67)25-37)42-9-10-45(59-5)41(27-42)30-57)44-32-63(15-12-46(44)61-66)54(68)47-28-40-26-39(38-13-19-71-20-14-38)29-49(52(40)60-47)65(55(69)70)53(58)36(4)35(3)31-62-17-21-72-22-18-62/h9-11,16,23-24,26-30,35-38,57-60H,6-8,12-15,17-22,25,31-32H2,1-5H3,(H,69,70)/t35-,36-,37?/m1/s1. The number of ether oxygens (including phenoxy) is 2. The number of aromatic nitrogens is 3. The molecular weight excluding hydrogens is 916 g/mol. The zero-order chi connectivity index (χ0) is 50.8. The number of anilines is 3. The van der Waals surface area contributed by atoms with E-state index >= 15 is 4.39 Å². The van der Waals surface area contributed by atoms with Gasteiger partial charge in [0.1, 0.15) is 17.3 Å². The molecule has 72 heavy (non-hydrogen) atoms. The van der Waals surface area contributed by atoms with Gasteiger partial charge in [0.05, 0.1) is 35.8 Å². The second kappa shape index (κ2) is 21.6. The number of H-pyrrole nitrogens is 1. The molecule has 2 saturated heterocycles. The van der Waals surface area contributed by atoms with Crippen LogP contribution in [0.4, 0.5) is 26.2 Å². The Morgan fingerprint density at radius 3 is 2.44 bits per heavy atom. The number of aryl methyl sites for hydroxylation is 2. The third-order valence-electron chi connectivity index (χ3n) is 15.3. The Hall–Kier alpha value is -6.69. The number of aromatic amines is 1. The topological polar surface area (TPSA) is 196 Å². The minimum absolute atomic E-state index is 0.00877. The van der Waals surface area contributed by atoms with Crippen molar-refractivity contribution in [3.8, 4) is 5.69 Å². The molecule has 0 spiro atoms. The van der Waals surface area contributed by atoms with Crippen LogP contribution in [0.25, 0.3) is 16.6 Å². The van der Waals surface area contributed by atoms with Crippen molar-refractivity contribution in [3.63, 3.8) is 0 Å². The zero-order valence-electron chi connectivity index (χ0n) is 42.0. The average Bonchev–Trinajstić information content (AvgIpc) is 3.99. The molecule has 6 heterocycles. The van der Waals surface area contributed by atoms with Crippen molar-refractivity contribution in [2.45, 2.75) is 85.1 Å². The number of benzene rings is 3. The summed E-state index contributed by atoms with van der Waals surface area (Å²) in [6.45, 7) is 12.9. The van der Waals surface area contributed by atoms with Gasteiger partial charge in [-0.3, -0.25) is 24.8 Å². The van der Waals surface area contributed by atoms with Gasteiger partial charge in [0.15, 0.2) is 0 Å². The lowest BCUT2D eigenvalue weighted by Crippen LogP contribution is -2.45. The molecule has 0 aliphatic carbocycles. The highest BCUT2D eigenvalue weighted by molar-refractivity contribution is 6.18. The molecule has 4 aliphatic rings. The predicted octanol–water partition coefficient (Wildman–Crippen LogP) is 9.20. The highest BCUT2D eigenvalue weighted by Gasteiger charge is 2.34. The van der Waals surface area contributed by atoms with E-state index in [2.05, 4.69) is 28.2 Å². The van der Waals surface area contributed by atoms with Crippen LogP contribution in [0.15, 0.2) is 60.8 Å². The van der Waals surface area contributed by atoms with Crippen LogP contribution in [-0.2, 0) is 33.7 Å². The average molecular weight is 983 g/mol. The van der Waals surface area contributed by atoms with Gasteiger partial charge in [-0.2, -0.15) is 5.10 Å². The fourth-order valence-corrected chi connectivity index (χ4v) is 10.9. The summed E-state index contributed by atoms with van der Waals surface area (Å²) in [4.78, 5) is 51.9. The Kier molecular flexibility index (Phi) is 15.1. The molecule has 4 aliphatic heterocycles. The predicted molar refractivity (Wildman–Crippen MR) is 278 cm³/mol. The zero-order valence-corrected chi connectivity index (χ0v) is 42.0. The first-order valence-electron chi connectivity index (χ1n) is 25.4. The number of allylic oxidation sites excluding steroid dienone is 1. The molecule has 0 radical (unpaired) electrons. The molecule has 0 saturated carbocycles. The molecular formula is C55H67FN10O6. The van der Waals surface area contributed by atoms with Gasteiger partial charge in [0, 0.05) is 118 Å². The number of halogens is 1. The van der Waals surface area contributed by atoms with E-state index in [1.54, 1.807) is 42.8 Å². The number of nitrogens with zero attached hydrogens (tertiary/aromatic N) is 6. The molecule has 2 fully saturated rings. The smallest absolute Gasteiger partial charge is 0.417 e. The van der Waals surface area contributed by atoms with Crippen LogP contribution in [-0.4, -0.2) is 119 Å². The molecule has 16 nitrogen and oxygen atoms in total. The maximum Gasteiger partial charge on any atom is 0.417 e. The Labute approximate surface area is 420 Å². The highest BCUT2D eigenvalue weighted by atomic mass is 19.1. The summed E-state index contributed by atoms with van der Waals surface area (Å²) in [5.74, 6) is -0.842. The third kappa shape index (κ3) is 10.3. The first kappa shape index (κ1) is 50.3. The lowest BCUT2D eigenvalue weighted by Gasteiger charge is -2.33. The first-order chi connectivity index (χ1) is 34.7. The second-order valence-electron chi connectivity index (χ2n) is 20.0. The first-order valence-corrected chi connectivity index (χ1v) is 25.4. The van der Waals surface area contributed by atoms with Crippen LogP contribution < -0.4 is 15.1 Å². The molecule has 5 aromatic rings. The van der Waals surface area contributed by atoms with Crippen molar-refractivity contribution in [2.24, 2.45) is 17.8 Å².